The zero-order valence-corrected chi connectivity index (χ0v) is 21.8. The quantitative estimate of drug-likeness (QED) is 0.156. The van der Waals surface area contributed by atoms with E-state index in [-0.39, 0.29) is 26.4 Å². The van der Waals surface area contributed by atoms with Crippen molar-refractivity contribution in [3.05, 3.63) is 0 Å². The number of carbonyl (C=O) groups excluding carboxylic acids is 2. The molecule has 2 fully saturated rings. The maximum Gasteiger partial charge on any atom is 0.343 e. The molecule has 2 rings (SSSR count). The maximum atomic E-state index is 12.7. The third-order valence-corrected chi connectivity index (χ3v) is 6.40. The first kappa shape index (κ1) is 28.1. The molecule has 0 aromatic rings. The van der Waals surface area contributed by atoms with Gasteiger partial charge in [-0.3, -0.25) is 0 Å². The van der Waals surface area contributed by atoms with E-state index in [1.807, 2.05) is 27.7 Å². The number of hydrogen-bond donors (Lipinski definition) is 0. The molecule has 2 aliphatic rings. The van der Waals surface area contributed by atoms with Crippen molar-refractivity contribution in [2.75, 3.05) is 26.4 Å². The van der Waals surface area contributed by atoms with E-state index in [0.29, 0.717) is 0 Å². The van der Waals surface area contributed by atoms with E-state index in [1.54, 1.807) is 0 Å². The van der Waals surface area contributed by atoms with Crippen LogP contribution in [0.4, 0.5) is 0 Å². The van der Waals surface area contributed by atoms with E-state index in [0.717, 1.165) is 38.5 Å². The molecule has 0 saturated carbocycles. The second kappa shape index (κ2) is 12.0. The first-order valence-electron chi connectivity index (χ1n) is 12.8. The number of carbonyl (C=O) groups is 2. The summed E-state index contributed by atoms with van der Waals surface area (Å²) in [6.07, 6.45) is 10.7. The number of ether oxygens (including phenoxy) is 5. The lowest BCUT2D eigenvalue weighted by Crippen LogP contribution is -2.42. The van der Waals surface area contributed by atoms with Gasteiger partial charge < -0.3 is 23.7 Å². The fraction of sp³-hybridized carbons (Fsp3) is 0.923. The highest BCUT2D eigenvalue weighted by Gasteiger charge is 2.59. The lowest BCUT2D eigenvalue weighted by molar-refractivity contribution is -0.169. The molecule has 2 unspecified atom stereocenters. The van der Waals surface area contributed by atoms with Gasteiger partial charge in [0, 0.05) is 0 Å². The van der Waals surface area contributed by atoms with Crippen LogP contribution in [0, 0.1) is 0 Å². The first-order chi connectivity index (χ1) is 15.5. The van der Waals surface area contributed by atoms with Crippen molar-refractivity contribution in [1.82, 2.24) is 0 Å². The molecule has 33 heavy (non-hydrogen) atoms. The minimum atomic E-state index is -1.07. The average molecular weight is 471 g/mol. The van der Waals surface area contributed by atoms with Crippen LogP contribution >= 0.6 is 0 Å². The van der Waals surface area contributed by atoms with Gasteiger partial charge in [-0.05, 0) is 53.4 Å². The van der Waals surface area contributed by atoms with Crippen molar-refractivity contribution >= 4 is 11.9 Å². The Bertz CT molecular complexity index is 579. The molecule has 0 radical (unpaired) electrons. The number of unbranched alkanes of at least 4 members (excludes halogenated alkanes) is 6. The molecule has 0 amide bonds. The van der Waals surface area contributed by atoms with Gasteiger partial charge in [0.05, 0.1) is 26.4 Å². The fourth-order valence-electron chi connectivity index (χ4n) is 3.82. The standard InChI is InChI=1S/C26H46O7/c1-7-9-11-13-15-23(3,4)32-21(27)25(19-30-25)17-29-18-26(20-31-26)22(28)33-24(5,6)16-14-12-10-8-2/h7-20H2,1-6H3. The molecule has 0 aromatic carbocycles. The highest BCUT2D eigenvalue weighted by molar-refractivity contribution is 5.83. The smallest absolute Gasteiger partial charge is 0.343 e. The van der Waals surface area contributed by atoms with Crippen LogP contribution < -0.4 is 0 Å². The van der Waals surface area contributed by atoms with Gasteiger partial charge in [0.1, 0.15) is 11.2 Å². The molecule has 0 bridgehead atoms. The lowest BCUT2D eigenvalue weighted by atomic mass is 9.99. The van der Waals surface area contributed by atoms with Gasteiger partial charge in [-0.1, -0.05) is 52.4 Å². The summed E-state index contributed by atoms with van der Waals surface area (Å²) in [5, 5.41) is 0. The van der Waals surface area contributed by atoms with E-state index < -0.39 is 34.3 Å². The van der Waals surface area contributed by atoms with Crippen molar-refractivity contribution in [3.8, 4) is 0 Å². The molecular weight excluding hydrogens is 424 g/mol. The molecular formula is C26H46O7. The molecule has 192 valence electrons. The van der Waals surface area contributed by atoms with Crippen molar-refractivity contribution in [1.29, 1.82) is 0 Å². The molecule has 0 aliphatic carbocycles. The molecule has 0 aromatic heterocycles. The van der Waals surface area contributed by atoms with Crippen molar-refractivity contribution in [2.24, 2.45) is 0 Å². The van der Waals surface area contributed by atoms with Gasteiger partial charge >= 0.3 is 11.9 Å². The highest BCUT2D eigenvalue weighted by atomic mass is 16.7. The monoisotopic (exact) mass is 470 g/mol. The zero-order valence-electron chi connectivity index (χ0n) is 21.8. The zero-order chi connectivity index (χ0) is 24.6. The third-order valence-electron chi connectivity index (χ3n) is 6.40. The van der Waals surface area contributed by atoms with Crippen molar-refractivity contribution in [2.45, 2.75) is 128 Å². The molecule has 7 nitrogen and oxygen atoms in total. The van der Waals surface area contributed by atoms with Gasteiger partial charge in [-0.25, -0.2) is 9.59 Å². The molecule has 7 heteroatoms. The minimum absolute atomic E-state index is 0.0382. The van der Waals surface area contributed by atoms with Crippen LogP contribution in [0.25, 0.3) is 0 Å². The Kier molecular flexibility index (Phi) is 10.2. The summed E-state index contributed by atoms with van der Waals surface area (Å²) in [7, 11) is 0. The molecule has 2 saturated heterocycles. The van der Waals surface area contributed by atoms with Crippen LogP contribution in [-0.4, -0.2) is 60.8 Å². The predicted octanol–water partition coefficient (Wildman–Crippen LogP) is 5.13. The highest BCUT2D eigenvalue weighted by Crippen LogP contribution is 2.35. The Balaban J connectivity index is 1.74. The summed E-state index contributed by atoms with van der Waals surface area (Å²) < 4.78 is 28.1. The Labute approximate surface area is 200 Å². The lowest BCUT2D eigenvalue weighted by Gasteiger charge is -2.27. The van der Waals surface area contributed by atoms with E-state index in [1.165, 1.54) is 25.7 Å². The summed E-state index contributed by atoms with van der Waals surface area (Å²) in [5.74, 6) is -0.797. The Hall–Kier alpha value is -1.18. The van der Waals surface area contributed by atoms with Crippen LogP contribution in [0.3, 0.4) is 0 Å². The largest absolute Gasteiger partial charge is 0.457 e. The molecule has 2 heterocycles. The van der Waals surface area contributed by atoms with Gasteiger partial charge in [0.25, 0.3) is 0 Å². The van der Waals surface area contributed by atoms with Crippen LogP contribution in [-0.2, 0) is 33.3 Å². The number of rotatable bonds is 18. The SMILES string of the molecule is CCCCCCC(C)(C)OC(=O)C1(COCC2(C(=O)OC(C)(C)CCCCCC)CO2)CO1. The molecule has 0 N–H and O–H groups in total. The first-order valence-corrected chi connectivity index (χ1v) is 12.8. The predicted molar refractivity (Wildman–Crippen MR) is 126 cm³/mol. The van der Waals surface area contributed by atoms with E-state index >= 15 is 0 Å². The van der Waals surface area contributed by atoms with Crippen molar-refractivity contribution < 1.29 is 33.3 Å². The molecule has 0 spiro atoms. The summed E-state index contributed by atoms with van der Waals surface area (Å²) in [4.78, 5) is 25.4. The summed E-state index contributed by atoms with van der Waals surface area (Å²) in [6.45, 7) is 12.7. The van der Waals surface area contributed by atoms with Crippen LogP contribution in [0.1, 0.15) is 106 Å². The Morgan fingerprint density at radius 3 is 1.36 bits per heavy atom. The fourth-order valence-corrected chi connectivity index (χ4v) is 3.82. The van der Waals surface area contributed by atoms with Crippen LogP contribution in [0.5, 0.6) is 0 Å². The summed E-state index contributed by atoms with van der Waals surface area (Å²) in [6, 6.07) is 0. The van der Waals surface area contributed by atoms with Gasteiger partial charge in [0.2, 0.25) is 11.2 Å². The maximum absolute atomic E-state index is 12.7. The summed E-state index contributed by atoms with van der Waals surface area (Å²) in [5.41, 5.74) is -3.23. The summed E-state index contributed by atoms with van der Waals surface area (Å²) >= 11 is 0. The topological polar surface area (TPSA) is 86.9 Å². The number of esters is 2. The van der Waals surface area contributed by atoms with Gasteiger partial charge in [-0.2, -0.15) is 0 Å². The van der Waals surface area contributed by atoms with Gasteiger partial charge in [0.15, 0.2) is 0 Å². The average Bonchev–Trinajstić information content (AvgIpc) is 3.64. The van der Waals surface area contributed by atoms with Crippen LogP contribution in [0.15, 0.2) is 0 Å². The normalized spacial score (nSPS) is 24.4. The minimum Gasteiger partial charge on any atom is -0.457 e. The Morgan fingerprint density at radius 2 is 1.06 bits per heavy atom. The van der Waals surface area contributed by atoms with E-state index in [9.17, 15) is 9.59 Å². The van der Waals surface area contributed by atoms with E-state index in [2.05, 4.69) is 13.8 Å². The van der Waals surface area contributed by atoms with Crippen molar-refractivity contribution in [3.63, 3.8) is 0 Å². The Morgan fingerprint density at radius 1 is 0.697 bits per heavy atom. The number of hydrogen-bond acceptors (Lipinski definition) is 7. The molecule has 2 atom stereocenters. The van der Waals surface area contributed by atoms with Crippen LogP contribution in [0.2, 0.25) is 0 Å². The van der Waals surface area contributed by atoms with Gasteiger partial charge in [-0.15, -0.1) is 0 Å². The second-order valence-electron chi connectivity index (χ2n) is 11.0. The molecule has 2 aliphatic heterocycles. The second-order valence-corrected chi connectivity index (χ2v) is 11.0. The van der Waals surface area contributed by atoms with E-state index in [4.69, 9.17) is 23.7 Å². The number of epoxide rings is 2. The third kappa shape index (κ3) is 9.18.